The maximum absolute atomic E-state index is 13.1. The molecule has 0 bridgehead atoms. The fourth-order valence-electron chi connectivity index (χ4n) is 13.5. The minimum absolute atomic E-state index is 0.0171. The molecule has 0 saturated carbocycles. The van der Waals surface area contributed by atoms with Gasteiger partial charge in [0.25, 0.3) is 7.82 Å². The van der Waals surface area contributed by atoms with Crippen LogP contribution in [0, 0.1) is 0 Å². The molecule has 0 fully saturated rings. The highest BCUT2D eigenvalue weighted by Gasteiger charge is 2.24. The zero-order valence-electron chi connectivity index (χ0n) is 62.2. The predicted molar refractivity (Wildman–Crippen MR) is 395 cm³/mol. The third-order valence-electron chi connectivity index (χ3n) is 19.8. The molecule has 3 unspecified atom stereocenters. The fourth-order valence-corrected chi connectivity index (χ4v) is 14.2. The number of phosphoric ester groups is 1. The number of likely N-dealkylation sites (N-methyl/N-ethyl adjacent to an activating group) is 1. The van der Waals surface area contributed by atoms with Gasteiger partial charge in [-0.3, -0.25) is 9.36 Å². The van der Waals surface area contributed by atoms with E-state index in [-0.39, 0.29) is 19.1 Å². The number of nitrogens with one attached hydrogen (secondary N) is 1. The van der Waals surface area contributed by atoms with E-state index in [1.165, 1.54) is 398 Å². The maximum Gasteiger partial charge on any atom is 0.268 e. The van der Waals surface area contributed by atoms with Crippen molar-refractivity contribution in [1.82, 2.24) is 5.32 Å². The van der Waals surface area contributed by atoms with Gasteiger partial charge in [-0.25, -0.2) is 0 Å². The summed E-state index contributed by atoms with van der Waals surface area (Å²) in [4.78, 5) is 25.7. The van der Waals surface area contributed by atoms with Crippen LogP contribution in [0.2, 0.25) is 0 Å². The summed E-state index contributed by atoms with van der Waals surface area (Å²) in [6.07, 6.45) is 93.9. The van der Waals surface area contributed by atoms with E-state index < -0.39 is 20.0 Å². The second-order valence-electron chi connectivity index (χ2n) is 30.2. The van der Waals surface area contributed by atoms with Crippen molar-refractivity contribution >= 4 is 13.7 Å². The Morgan fingerprint density at radius 3 is 0.756 bits per heavy atom. The van der Waals surface area contributed by atoms with Crippen LogP contribution in [0.1, 0.15) is 463 Å². The van der Waals surface area contributed by atoms with Gasteiger partial charge in [0.05, 0.1) is 39.9 Å². The van der Waals surface area contributed by atoms with Crippen LogP contribution in [0.25, 0.3) is 0 Å². The molecule has 0 radical (unpaired) electrons. The highest BCUT2D eigenvalue weighted by atomic mass is 31.2. The number of nitrogens with zero attached hydrogens (tertiary/aromatic N) is 1. The van der Waals surface area contributed by atoms with Gasteiger partial charge in [0, 0.05) is 6.42 Å². The van der Waals surface area contributed by atoms with Crippen LogP contribution < -0.4 is 10.2 Å². The number of amides is 1. The van der Waals surface area contributed by atoms with Crippen LogP contribution in [-0.4, -0.2) is 68.5 Å². The zero-order chi connectivity index (χ0) is 65.5. The summed E-state index contributed by atoms with van der Waals surface area (Å²) in [6.45, 7) is 4.81. The van der Waals surface area contributed by atoms with Gasteiger partial charge in [-0.2, -0.15) is 0 Å². The van der Waals surface area contributed by atoms with Crippen LogP contribution in [0.15, 0.2) is 0 Å². The van der Waals surface area contributed by atoms with Gasteiger partial charge < -0.3 is 28.8 Å². The molecule has 0 rings (SSSR count). The molecule has 0 aliphatic heterocycles. The number of carbonyl (C=O) groups is 1. The van der Waals surface area contributed by atoms with Gasteiger partial charge >= 0.3 is 0 Å². The smallest absolute Gasteiger partial charge is 0.268 e. The molecule has 2 N–H and O–H groups in total. The number of rotatable bonds is 79. The second kappa shape index (κ2) is 72.8. The van der Waals surface area contributed by atoms with E-state index in [0.29, 0.717) is 23.9 Å². The summed E-state index contributed by atoms with van der Waals surface area (Å²) in [6, 6.07) is -0.798. The third-order valence-corrected chi connectivity index (χ3v) is 20.8. The fraction of sp³-hybridized carbons (Fsp3) is 0.988. The number of aliphatic hydroxyl groups is 1. The first-order valence-corrected chi connectivity index (χ1v) is 42.8. The molecule has 9 heteroatoms. The number of unbranched alkanes of at least 4 members (excludes halogenated alkanes) is 66. The van der Waals surface area contributed by atoms with Crippen molar-refractivity contribution < 1.29 is 32.9 Å². The lowest BCUT2D eigenvalue weighted by molar-refractivity contribution is -0.870. The topological polar surface area (TPSA) is 108 Å². The summed E-state index contributed by atoms with van der Waals surface area (Å²) in [7, 11) is 1.34. The van der Waals surface area contributed by atoms with E-state index in [1.807, 2.05) is 21.1 Å². The van der Waals surface area contributed by atoms with Crippen LogP contribution in [0.4, 0.5) is 0 Å². The monoisotopic (exact) mass is 1290 g/mol. The van der Waals surface area contributed by atoms with Crippen molar-refractivity contribution in [3.05, 3.63) is 0 Å². The summed E-state index contributed by atoms with van der Waals surface area (Å²) >= 11 is 0. The average molecular weight is 1290 g/mol. The SMILES string of the molecule is CCCCCCCCCCCCCCCCCCCCCCCCCCCCCCCCCCCCCCCCCCCC(=O)NC(COP(=O)([O-])OCC[N+](C)(C)C)C(O)CCCCCCCCCCCCCCCCCCCCCCCCCCCCC. The standard InChI is InChI=1S/C81H165N2O6P/c1-6-8-10-12-14-16-18-20-22-24-26-28-30-32-34-35-36-37-38-39-40-41-42-43-44-45-46-47-49-51-53-55-57-59-61-63-65-67-69-71-73-75-81(85)82-79(78-89-90(86,87)88-77-76-83(3,4)5)80(84)74-72-70-68-66-64-62-60-58-56-54-52-50-48-33-31-29-27-25-23-21-19-17-15-13-11-9-7-2/h79-80,84H,6-78H2,1-5H3,(H-,82,85,86,87). The van der Waals surface area contributed by atoms with Gasteiger partial charge in [0.2, 0.25) is 5.91 Å². The predicted octanol–water partition coefficient (Wildman–Crippen LogP) is 26.4. The largest absolute Gasteiger partial charge is 0.756 e. The molecule has 0 saturated heterocycles. The summed E-state index contributed by atoms with van der Waals surface area (Å²) in [5, 5.41) is 14.2. The van der Waals surface area contributed by atoms with E-state index in [2.05, 4.69) is 19.2 Å². The lowest BCUT2D eigenvalue weighted by atomic mass is 10.0. The number of quaternary nitrogens is 1. The lowest BCUT2D eigenvalue weighted by Gasteiger charge is -2.30. The molecule has 0 heterocycles. The Kier molecular flexibility index (Phi) is 72.4. The maximum atomic E-state index is 13.1. The molecule has 90 heavy (non-hydrogen) atoms. The van der Waals surface area contributed by atoms with Gasteiger partial charge in [0.15, 0.2) is 0 Å². The number of phosphoric acid groups is 1. The van der Waals surface area contributed by atoms with Crippen molar-refractivity contribution in [3.63, 3.8) is 0 Å². The first kappa shape index (κ1) is 89.5. The molecule has 1 amide bonds. The molecule has 8 nitrogen and oxygen atoms in total. The van der Waals surface area contributed by atoms with Crippen molar-refractivity contribution in [2.75, 3.05) is 40.9 Å². The molecule has 0 aliphatic rings. The Morgan fingerprint density at radius 1 is 0.344 bits per heavy atom. The van der Waals surface area contributed by atoms with Crippen molar-refractivity contribution in [2.24, 2.45) is 0 Å². The van der Waals surface area contributed by atoms with Crippen LogP contribution in [0.5, 0.6) is 0 Å². The Bertz CT molecular complexity index is 1430. The first-order valence-electron chi connectivity index (χ1n) is 41.4. The Balaban J connectivity index is 3.83. The van der Waals surface area contributed by atoms with E-state index >= 15 is 0 Å². The molecule has 0 spiro atoms. The summed E-state index contributed by atoms with van der Waals surface area (Å²) in [5.41, 5.74) is 0. The Hall–Kier alpha value is -0.500. The van der Waals surface area contributed by atoms with Crippen molar-refractivity contribution in [3.8, 4) is 0 Å². The minimum atomic E-state index is -4.58. The number of carbonyl (C=O) groups excluding carboxylic acids is 1. The Morgan fingerprint density at radius 2 is 0.544 bits per heavy atom. The molecule has 3 atom stereocenters. The molecular weight excluding hydrogens is 1130 g/mol. The molecule has 0 aromatic rings. The van der Waals surface area contributed by atoms with Gasteiger partial charge in [-0.05, 0) is 12.8 Å². The number of hydrogen-bond acceptors (Lipinski definition) is 6. The highest BCUT2D eigenvalue weighted by molar-refractivity contribution is 7.45. The average Bonchev–Trinajstić information content (AvgIpc) is 3.09. The Labute approximate surface area is 565 Å². The number of hydrogen-bond donors (Lipinski definition) is 2. The zero-order valence-corrected chi connectivity index (χ0v) is 63.1. The van der Waals surface area contributed by atoms with Gasteiger partial charge in [0.1, 0.15) is 13.2 Å². The molecule has 0 aromatic heterocycles. The highest BCUT2D eigenvalue weighted by Crippen LogP contribution is 2.38. The van der Waals surface area contributed by atoms with Crippen LogP contribution in [-0.2, 0) is 18.4 Å². The number of aliphatic hydroxyl groups excluding tert-OH is 1. The molecule has 0 aliphatic carbocycles. The van der Waals surface area contributed by atoms with E-state index in [1.54, 1.807) is 0 Å². The quantitative estimate of drug-likeness (QED) is 0.0357. The lowest BCUT2D eigenvalue weighted by Crippen LogP contribution is -2.46. The van der Waals surface area contributed by atoms with E-state index in [0.717, 1.165) is 38.5 Å². The first-order chi connectivity index (χ1) is 44.0. The van der Waals surface area contributed by atoms with E-state index in [4.69, 9.17) is 9.05 Å². The van der Waals surface area contributed by atoms with Gasteiger partial charge in [-0.15, -0.1) is 0 Å². The second-order valence-corrected chi connectivity index (χ2v) is 31.6. The summed E-state index contributed by atoms with van der Waals surface area (Å²) in [5.74, 6) is -0.152. The van der Waals surface area contributed by atoms with Gasteiger partial charge in [-0.1, -0.05) is 444 Å². The molecule has 540 valence electrons. The molecule has 0 aromatic carbocycles. The van der Waals surface area contributed by atoms with E-state index in [9.17, 15) is 19.4 Å². The molecular formula is C81H165N2O6P. The normalized spacial score (nSPS) is 13.4. The van der Waals surface area contributed by atoms with Crippen molar-refractivity contribution in [1.29, 1.82) is 0 Å². The van der Waals surface area contributed by atoms with Crippen LogP contribution in [0.3, 0.4) is 0 Å². The van der Waals surface area contributed by atoms with Crippen LogP contribution >= 0.6 is 7.82 Å². The van der Waals surface area contributed by atoms with Crippen molar-refractivity contribution in [2.45, 2.75) is 475 Å². The minimum Gasteiger partial charge on any atom is -0.756 e. The summed E-state index contributed by atoms with van der Waals surface area (Å²) < 4.78 is 23.6. The third kappa shape index (κ3) is 74.9.